The molecule has 1 fully saturated rings. The molecule has 136 valence electrons. The molecule has 7 heteroatoms. The molecule has 3 rings (SSSR count). The van der Waals surface area contributed by atoms with Gasteiger partial charge in [-0.25, -0.2) is 13.6 Å². The number of benzene rings is 2. The van der Waals surface area contributed by atoms with Crippen LogP contribution in [0, 0.1) is 11.6 Å². The number of hydrogen-bond donors (Lipinski definition) is 2. The minimum atomic E-state index is -0.580. The van der Waals surface area contributed by atoms with Gasteiger partial charge in [0.2, 0.25) is 5.91 Å². The van der Waals surface area contributed by atoms with Gasteiger partial charge in [-0.1, -0.05) is 18.2 Å². The summed E-state index contributed by atoms with van der Waals surface area (Å²) in [5.41, 5.74) is 1.11. The predicted molar refractivity (Wildman–Crippen MR) is 93.4 cm³/mol. The molecule has 2 N–H and O–H groups in total. The maximum atomic E-state index is 13.2. The van der Waals surface area contributed by atoms with Gasteiger partial charge in [0.25, 0.3) is 0 Å². The lowest BCUT2D eigenvalue weighted by Crippen LogP contribution is -2.47. The minimum Gasteiger partial charge on any atom is -0.350 e. The fourth-order valence-corrected chi connectivity index (χ4v) is 2.95. The number of nitrogens with zero attached hydrogens (tertiary/aromatic N) is 1. The Morgan fingerprint density at radius 1 is 1.08 bits per heavy atom. The van der Waals surface area contributed by atoms with Crippen molar-refractivity contribution in [2.45, 2.75) is 25.4 Å². The first-order chi connectivity index (χ1) is 12.5. The van der Waals surface area contributed by atoms with E-state index < -0.39 is 17.9 Å². The number of halogens is 2. The molecular formula is C19H19F2N3O2. The van der Waals surface area contributed by atoms with Gasteiger partial charge in [-0.2, -0.15) is 0 Å². The Morgan fingerprint density at radius 2 is 1.85 bits per heavy atom. The first kappa shape index (κ1) is 17.8. The quantitative estimate of drug-likeness (QED) is 0.880. The van der Waals surface area contributed by atoms with Crippen LogP contribution in [-0.2, 0) is 11.3 Å². The van der Waals surface area contributed by atoms with E-state index in [2.05, 4.69) is 10.6 Å². The molecule has 3 amide bonds. The van der Waals surface area contributed by atoms with E-state index in [1.807, 2.05) is 0 Å². The number of anilines is 1. The van der Waals surface area contributed by atoms with E-state index in [-0.39, 0.29) is 18.3 Å². The molecule has 0 aromatic heterocycles. The van der Waals surface area contributed by atoms with Crippen molar-refractivity contribution in [2.24, 2.45) is 0 Å². The van der Waals surface area contributed by atoms with Crippen molar-refractivity contribution in [1.82, 2.24) is 10.2 Å². The molecule has 1 aliphatic heterocycles. The molecule has 2 aromatic carbocycles. The van der Waals surface area contributed by atoms with E-state index in [0.29, 0.717) is 25.1 Å². The predicted octanol–water partition coefficient (Wildman–Crippen LogP) is 3.28. The highest BCUT2D eigenvalue weighted by atomic mass is 19.1. The summed E-state index contributed by atoms with van der Waals surface area (Å²) in [7, 11) is 0. The van der Waals surface area contributed by atoms with Gasteiger partial charge in [0.1, 0.15) is 17.7 Å². The Labute approximate surface area is 150 Å². The molecule has 1 atom stereocenters. The highest BCUT2D eigenvalue weighted by Gasteiger charge is 2.34. The fraction of sp³-hybridized carbons (Fsp3) is 0.263. The monoisotopic (exact) mass is 359 g/mol. The average molecular weight is 359 g/mol. The van der Waals surface area contributed by atoms with Crippen molar-refractivity contribution < 1.29 is 18.4 Å². The topological polar surface area (TPSA) is 61.4 Å². The van der Waals surface area contributed by atoms with Crippen LogP contribution in [0.3, 0.4) is 0 Å². The normalized spacial score (nSPS) is 16.4. The maximum Gasteiger partial charge on any atom is 0.322 e. The SMILES string of the molecule is O=C(NCc1ccc(F)cc1)[C@H]1CCCN1C(=O)Nc1cccc(F)c1. The van der Waals surface area contributed by atoms with Crippen molar-refractivity contribution in [3.8, 4) is 0 Å². The van der Waals surface area contributed by atoms with Crippen LogP contribution >= 0.6 is 0 Å². The summed E-state index contributed by atoms with van der Waals surface area (Å²) in [5, 5.41) is 5.39. The third-order valence-electron chi connectivity index (χ3n) is 4.27. The van der Waals surface area contributed by atoms with Crippen LogP contribution in [-0.4, -0.2) is 29.4 Å². The van der Waals surface area contributed by atoms with E-state index in [9.17, 15) is 18.4 Å². The lowest BCUT2D eigenvalue weighted by molar-refractivity contribution is -0.124. The van der Waals surface area contributed by atoms with Gasteiger partial charge in [0.15, 0.2) is 0 Å². The molecule has 0 spiro atoms. The highest BCUT2D eigenvalue weighted by molar-refractivity contribution is 5.94. The minimum absolute atomic E-state index is 0.259. The van der Waals surface area contributed by atoms with Gasteiger partial charge < -0.3 is 15.5 Å². The average Bonchev–Trinajstić information content (AvgIpc) is 3.11. The van der Waals surface area contributed by atoms with Gasteiger partial charge in [-0.05, 0) is 48.7 Å². The number of nitrogens with one attached hydrogen (secondary N) is 2. The van der Waals surface area contributed by atoms with Crippen LogP contribution in [0.1, 0.15) is 18.4 Å². The zero-order valence-electron chi connectivity index (χ0n) is 14.0. The lowest BCUT2D eigenvalue weighted by atomic mass is 10.2. The van der Waals surface area contributed by atoms with Crippen molar-refractivity contribution in [1.29, 1.82) is 0 Å². The largest absolute Gasteiger partial charge is 0.350 e. The Bertz CT molecular complexity index is 796. The molecular weight excluding hydrogens is 340 g/mol. The summed E-state index contributed by atoms with van der Waals surface area (Å²) in [6, 6.07) is 10.4. The van der Waals surface area contributed by atoms with Crippen molar-refractivity contribution in [3.05, 3.63) is 65.7 Å². The summed E-state index contributed by atoms with van der Waals surface area (Å²) >= 11 is 0. The van der Waals surface area contributed by atoms with Gasteiger partial charge in [-0.15, -0.1) is 0 Å². The van der Waals surface area contributed by atoms with Crippen molar-refractivity contribution >= 4 is 17.6 Å². The van der Waals surface area contributed by atoms with Crippen molar-refractivity contribution in [3.63, 3.8) is 0 Å². The molecule has 0 unspecified atom stereocenters. The second kappa shape index (κ2) is 7.95. The molecule has 0 saturated carbocycles. The van der Waals surface area contributed by atoms with Gasteiger partial charge in [0.05, 0.1) is 0 Å². The van der Waals surface area contributed by atoms with E-state index >= 15 is 0 Å². The highest BCUT2D eigenvalue weighted by Crippen LogP contribution is 2.20. The Hall–Kier alpha value is -2.96. The molecule has 2 aromatic rings. The Morgan fingerprint density at radius 3 is 2.58 bits per heavy atom. The van der Waals surface area contributed by atoms with Crippen LogP contribution in [0.5, 0.6) is 0 Å². The van der Waals surface area contributed by atoms with E-state index in [1.54, 1.807) is 18.2 Å². The number of amides is 3. The number of carbonyl (C=O) groups excluding carboxylic acids is 2. The lowest BCUT2D eigenvalue weighted by Gasteiger charge is -2.24. The van der Waals surface area contributed by atoms with Crippen LogP contribution in [0.25, 0.3) is 0 Å². The van der Waals surface area contributed by atoms with E-state index in [4.69, 9.17) is 0 Å². The number of likely N-dealkylation sites (tertiary alicyclic amines) is 1. The van der Waals surface area contributed by atoms with E-state index in [1.165, 1.54) is 35.2 Å². The summed E-state index contributed by atoms with van der Waals surface area (Å²) in [4.78, 5) is 26.3. The standard InChI is InChI=1S/C19H19F2N3O2/c20-14-8-6-13(7-9-14)12-22-18(25)17-5-2-10-24(17)19(26)23-16-4-1-3-15(21)11-16/h1,3-4,6-9,11,17H,2,5,10,12H2,(H,22,25)(H,23,26)/t17-/m1/s1. The Balaban J connectivity index is 1.58. The first-order valence-corrected chi connectivity index (χ1v) is 8.38. The third kappa shape index (κ3) is 4.36. The molecule has 0 bridgehead atoms. The number of carbonyl (C=O) groups is 2. The number of urea groups is 1. The molecule has 0 aliphatic carbocycles. The number of rotatable bonds is 4. The first-order valence-electron chi connectivity index (χ1n) is 8.38. The summed E-state index contributed by atoms with van der Waals surface area (Å²) < 4.78 is 26.1. The summed E-state index contributed by atoms with van der Waals surface area (Å²) in [6.45, 7) is 0.713. The molecule has 26 heavy (non-hydrogen) atoms. The van der Waals surface area contributed by atoms with Gasteiger partial charge in [-0.3, -0.25) is 4.79 Å². The second-order valence-corrected chi connectivity index (χ2v) is 6.14. The van der Waals surface area contributed by atoms with Crippen LogP contribution in [0.4, 0.5) is 19.3 Å². The smallest absolute Gasteiger partial charge is 0.322 e. The molecule has 1 aliphatic rings. The van der Waals surface area contributed by atoms with Crippen molar-refractivity contribution in [2.75, 3.05) is 11.9 Å². The van der Waals surface area contributed by atoms with Gasteiger partial charge in [0, 0.05) is 18.8 Å². The zero-order valence-corrected chi connectivity index (χ0v) is 14.0. The third-order valence-corrected chi connectivity index (χ3v) is 4.27. The van der Waals surface area contributed by atoms with Crippen LogP contribution < -0.4 is 10.6 Å². The summed E-state index contributed by atoms with van der Waals surface area (Å²) in [5.74, 6) is -1.05. The summed E-state index contributed by atoms with van der Waals surface area (Å²) in [6.07, 6.45) is 1.27. The Kier molecular flexibility index (Phi) is 5.46. The van der Waals surface area contributed by atoms with Crippen LogP contribution in [0.2, 0.25) is 0 Å². The molecule has 1 saturated heterocycles. The zero-order chi connectivity index (χ0) is 18.5. The molecule has 5 nitrogen and oxygen atoms in total. The molecule has 0 radical (unpaired) electrons. The second-order valence-electron chi connectivity index (χ2n) is 6.14. The van der Waals surface area contributed by atoms with Gasteiger partial charge >= 0.3 is 6.03 Å². The fourth-order valence-electron chi connectivity index (χ4n) is 2.95. The molecule has 1 heterocycles. The van der Waals surface area contributed by atoms with Crippen LogP contribution in [0.15, 0.2) is 48.5 Å². The van der Waals surface area contributed by atoms with E-state index in [0.717, 1.165) is 5.56 Å². The maximum absolute atomic E-state index is 13.2. The number of hydrogen-bond acceptors (Lipinski definition) is 2.